The summed E-state index contributed by atoms with van der Waals surface area (Å²) in [7, 11) is 0. The van der Waals surface area contributed by atoms with Crippen LogP contribution in [-0.4, -0.2) is 44.9 Å². The van der Waals surface area contributed by atoms with Crippen molar-refractivity contribution in [2.24, 2.45) is 5.92 Å². The molecule has 1 amide bonds. The number of piperidine rings is 1. The molecule has 0 radical (unpaired) electrons. The number of likely N-dealkylation sites (tertiary alicyclic amines) is 1. The molecular weight excluding hydrogens is 469 g/mol. The quantitative estimate of drug-likeness (QED) is 0.381. The lowest BCUT2D eigenvalue weighted by atomic mass is 9.89. The Kier molecular flexibility index (Phi) is 6.38. The summed E-state index contributed by atoms with van der Waals surface area (Å²) in [6, 6.07) is 10.1. The lowest BCUT2D eigenvalue weighted by molar-refractivity contribution is 0.0539. The molecule has 0 saturated carbocycles. The van der Waals surface area contributed by atoms with Crippen LogP contribution in [0.2, 0.25) is 5.02 Å². The fourth-order valence-corrected chi connectivity index (χ4v) is 4.89. The Morgan fingerprint density at radius 1 is 1.26 bits per heavy atom. The Morgan fingerprint density at radius 3 is 2.86 bits per heavy atom. The molecule has 9 heteroatoms. The van der Waals surface area contributed by atoms with E-state index in [9.17, 15) is 4.79 Å². The van der Waals surface area contributed by atoms with Crippen molar-refractivity contribution in [1.82, 2.24) is 19.9 Å². The third-order valence-corrected chi connectivity index (χ3v) is 6.79. The Labute approximate surface area is 207 Å². The van der Waals surface area contributed by atoms with Gasteiger partial charge in [0.25, 0.3) is 11.9 Å². The van der Waals surface area contributed by atoms with E-state index in [4.69, 9.17) is 16.0 Å². The molecule has 180 valence electrons. The second kappa shape index (κ2) is 9.62. The largest absolute Gasteiger partial charge is 0.424 e. The van der Waals surface area contributed by atoms with E-state index in [1.807, 2.05) is 11.8 Å². The summed E-state index contributed by atoms with van der Waals surface area (Å²) in [5.74, 6) is -0.326. The van der Waals surface area contributed by atoms with E-state index < -0.39 is 5.82 Å². The number of carbonyl (C=O) groups excluding carboxylic acids is 1. The minimum atomic E-state index is -0.519. The van der Waals surface area contributed by atoms with Crippen molar-refractivity contribution >= 4 is 34.6 Å². The van der Waals surface area contributed by atoms with Gasteiger partial charge < -0.3 is 14.6 Å². The molecule has 2 aromatic heterocycles. The minimum Gasteiger partial charge on any atom is -0.424 e. The van der Waals surface area contributed by atoms with Crippen LogP contribution in [0.1, 0.15) is 35.7 Å². The summed E-state index contributed by atoms with van der Waals surface area (Å²) in [6.07, 6.45) is 4.94. The van der Waals surface area contributed by atoms with Crippen LogP contribution in [0.3, 0.4) is 0 Å². The average Bonchev–Trinajstić information content (AvgIpc) is 3.26. The number of amides is 1. The number of fused-ring (bicyclic) bond motifs is 1. The fraction of sp³-hybridized carbons (Fsp3) is 0.308. The number of nitrogens with zero attached hydrogens (tertiary/aromatic N) is 4. The number of rotatable bonds is 5. The standard InChI is InChI=1S/C26H25ClFN5O2/c1-15-5-3-12-33(20(15)14-31-26-32-19-13-17(27)7-9-21(19)35-26)25(34)22-16(2)6-8-18(28)23(22)24-29-10-4-11-30-24/h4,6-11,13,15,20H,3,5,12,14H2,1-2H3,(H,31,32)/t15-,20-/m1/s1. The van der Waals surface area contributed by atoms with Gasteiger partial charge in [0, 0.05) is 30.5 Å². The Hall–Kier alpha value is -3.52. The maximum absolute atomic E-state index is 15.0. The molecule has 5 rings (SSSR count). The number of aryl methyl sites for hydroxylation is 1. The summed E-state index contributed by atoms with van der Waals surface area (Å²) in [6.45, 7) is 4.95. The van der Waals surface area contributed by atoms with E-state index in [-0.39, 0.29) is 29.3 Å². The first-order chi connectivity index (χ1) is 16.9. The number of hydrogen-bond acceptors (Lipinski definition) is 6. The highest BCUT2D eigenvalue weighted by Gasteiger charge is 2.35. The number of hydrogen-bond donors (Lipinski definition) is 1. The van der Waals surface area contributed by atoms with Gasteiger partial charge in [0.05, 0.1) is 17.2 Å². The van der Waals surface area contributed by atoms with Gasteiger partial charge in [-0.2, -0.15) is 4.98 Å². The zero-order valence-electron chi connectivity index (χ0n) is 19.5. The molecule has 1 fully saturated rings. The van der Waals surface area contributed by atoms with Crippen molar-refractivity contribution in [3.05, 3.63) is 70.8 Å². The first-order valence-electron chi connectivity index (χ1n) is 11.6. The molecule has 1 saturated heterocycles. The van der Waals surface area contributed by atoms with Gasteiger partial charge in [-0.05, 0) is 61.6 Å². The number of benzene rings is 2. The van der Waals surface area contributed by atoms with Crippen molar-refractivity contribution in [2.45, 2.75) is 32.7 Å². The maximum Gasteiger partial charge on any atom is 0.295 e. The third-order valence-electron chi connectivity index (χ3n) is 6.55. The number of nitrogens with one attached hydrogen (secondary N) is 1. The smallest absolute Gasteiger partial charge is 0.295 e. The highest BCUT2D eigenvalue weighted by Crippen LogP contribution is 2.32. The molecule has 2 atom stereocenters. The maximum atomic E-state index is 15.0. The van der Waals surface area contributed by atoms with Crippen LogP contribution in [0.4, 0.5) is 10.4 Å². The van der Waals surface area contributed by atoms with Crippen LogP contribution in [0.25, 0.3) is 22.5 Å². The van der Waals surface area contributed by atoms with Gasteiger partial charge in [-0.3, -0.25) is 4.79 Å². The molecule has 0 spiro atoms. The van der Waals surface area contributed by atoms with Crippen LogP contribution >= 0.6 is 11.6 Å². The van der Waals surface area contributed by atoms with Gasteiger partial charge in [-0.25, -0.2) is 14.4 Å². The highest BCUT2D eigenvalue weighted by molar-refractivity contribution is 6.31. The SMILES string of the molecule is Cc1ccc(F)c(-c2ncccn2)c1C(=O)N1CCC[C@@H](C)[C@H]1CNc1nc2cc(Cl)ccc2o1. The molecule has 0 bridgehead atoms. The first-order valence-corrected chi connectivity index (χ1v) is 12.0. The Balaban J connectivity index is 1.45. The van der Waals surface area contributed by atoms with Crippen LogP contribution in [-0.2, 0) is 0 Å². The molecule has 2 aromatic carbocycles. The summed E-state index contributed by atoms with van der Waals surface area (Å²) < 4.78 is 20.8. The molecule has 0 unspecified atom stereocenters. The second-order valence-electron chi connectivity index (χ2n) is 8.88. The molecule has 1 N–H and O–H groups in total. The van der Waals surface area contributed by atoms with Gasteiger partial charge in [0.2, 0.25) is 0 Å². The third kappa shape index (κ3) is 4.58. The average molecular weight is 494 g/mol. The van der Waals surface area contributed by atoms with Crippen molar-refractivity contribution in [2.75, 3.05) is 18.4 Å². The molecule has 35 heavy (non-hydrogen) atoms. The van der Waals surface area contributed by atoms with Gasteiger partial charge >= 0.3 is 0 Å². The monoisotopic (exact) mass is 493 g/mol. The molecule has 1 aliphatic rings. The van der Waals surface area contributed by atoms with Crippen molar-refractivity contribution < 1.29 is 13.6 Å². The number of halogens is 2. The van der Waals surface area contributed by atoms with Crippen molar-refractivity contribution in [1.29, 1.82) is 0 Å². The van der Waals surface area contributed by atoms with Crippen LogP contribution in [0, 0.1) is 18.7 Å². The molecule has 3 heterocycles. The minimum absolute atomic E-state index is 0.136. The topological polar surface area (TPSA) is 84.2 Å². The number of carbonyl (C=O) groups is 1. The molecule has 1 aliphatic heterocycles. The van der Waals surface area contributed by atoms with E-state index in [0.29, 0.717) is 46.4 Å². The first kappa shape index (κ1) is 23.2. The zero-order chi connectivity index (χ0) is 24.5. The van der Waals surface area contributed by atoms with Gasteiger partial charge in [0.1, 0.15) is 11.3 Å². The fourth-order valence-electron chi connectivity index (χ4n) is 4.73. The summed E-state index contributed by atoms with van der Waals surface area (Å²) in [5.41, 5.74) is 2.40. The lowest BCUT2D eigenvalue weighted by Crippen LogP contribution is -2.51. The van der Waals surface area contributed by atoms with Crippen molar-refractivity contribution in [3.8, 4) is 11.4 Å². The summed E-state index contributed by atoms with van der Waals surface area (Å²) in [5, 5.41) is 3.83. The van der Waals surface area contributed by atoms with E-state index >= 15 is 4.39 Å². The van der Waals surface area contributed by atoms with E-state index in [1.54, 1.807) is 42.7 Å². The van der Waals surface area contributed by atoms with E-state index in [1.165, 1.54) is 6.07 Å². The van der Waals surface area contributed by atoms with Gasteiger partial charge in [0.15, 0.2) is 11.4 Å². The highest BCUT2D eigenvalue weighted by atomic mass is 35.5. The Bertz CT molecular complexity index is 1380. The number of oxazole rings is 1. The summed E-state index contributed by atoms with van der Waals surface area (Å²) in [4.78, 5) is 28.6. The molecule has 7 nitrogen and oxygen atoms in total. The zero-order valence-corrected chi connectivity index (χ0v) is 20.2. The number of aromatic nitrogens is 3. The van der Waals surface area contributed by atoms with E-state index in [0.717, 1.165) is 12.8 Å². The van der Waals surface area contributed by atoms with Crippen LogP contribution < -0.4 is 5.32 Å². The predicted octanol–water partition coefficient (Wildman–Crippen LogP) is 5.74. The van der Waals surface area contributed by atoms with Gasteiger partial charge in [-0.1, -0.05) is 24.6 Å². The Morgan fingerprint density at radius 2 is 2.06 bits per heavy atom. The number of anilines is 1. The summed E-state index contributed by atoms with van der Waals surface area (Å²) >= 11 is 6.06. The van der Waals surface area contributed by atoms with Crippen LogP contribution in [0.15, 0.2) is 53.2 Å². The molecular formula is C26H25ClFN5O2. The molecule has 0 aliphatic carbocycles. The lowest BCUT2D eigenvalue weighted by Gasteiger charge is -2.40. The second-order valence-corrected chi connectivity index (χ2v) is 9.32. The van der Waals surface area contributed by atoms with E-state index in [2.05, 4.69) is 27.2 Å². The molecule has 4 aromatic rings. The predicted molar refractivity (Wildman–Crippen MR) is 133 cm³/mol. The van der Waals surface area contributed by atoms with Gasteiger partial charge in [-0.15, -0.1) is 0 Å². The van der Waals surface area contributed by atoms with Crippen LogP contribution in [0.5, 0.6) is 0 Å². The normalized spacial score (nSPS) is 18.1. The van der Waals surface area contributed by atoms with Crippen molar-refractivity contribution in [3.63, 3.8) is 0 Å².